The largest absolute Gasteiger partial charge is 0.465 e. The summed E-state index contributed by atoms with van der Waals surface area (Å²) in [5.74, 6) is -0.331. The van der Waals surface area contributed by atoms with Crippen LogP contribution in [0.2, 0.25) is 0 Å². The van der Waals surface area contributed by atoms with Gasteiger partial charge in [0.25, 0.3) is 0 Å². The number of nitrogens with zero attached hydrogens (tertiary/aromatic N) is 1. The molecule has 2 aromatic rings. The minimum atomic E-state index is -0.331. The molecule has 3 nitrogen and oxygen atoms in total. The van der Waals surface area contributed by atoms with Crippen molar-refractivity contribution in [2.24, 2.45) is 4.40 Å². The van der Waals surface area contributed by atoms with E-state index in [2.05, 4.69) is 9.13 Å². The second-order valence-corrected chi connectivity index (χ2v) is 4.62. The maximum absolute atomic E-state index is 11.3. The van der Waals surface area contributed by atoms with Crippen LogP contribution in [0.15, 0.2) is 63.9 Å². The Morgan fingerprint density at radius 3 is 2.42 bits per heavy atom. The van der Waals surface area contributed by atoms with Gasteiger partial charge >= 0.3 is 5.97 Å². The van der Waals surface area contributed by atoms with Gasteiger partial charge in [-0.25, -0.2) is 9.19 Å². The minimum absolute atomic E-state index is 0.331. The second kappa shape index (κ2) is 6.75. The van der Waals surface area contributed by atoms with Crippen LogP contribution in [0.25, 0.3) is 0 Å². The van der Waals surface area contributed by atoms with Crippen LogP contribution in [-0.2, 0) is 4.74 Å². The molecule has 0 spiro atoms. The lowest BCUT2D eigenvalue weighted by atomic mass is 10.1. The molecule has 0 fully saturated rings. The van der Waals surface area contributed by atoms with Crippen molar-refractivity contribution in [2.45, 2.75) is 4.90 Å². The second-order valence-electron chi connectivity index (χ2n) is 3.75. The van der Waals surface area contributed by atoms with Crippen molar-refractivity contribution < 1.29 is 9.53 Å². The Bertz CT molecular complexity index is 564. The van der Waals surface area contributed by atoms with E-state index >= 15 is 0 Å². The van der Waals surface area contributed by atoms with Crippen LogP contribution in [0.4, 0.5) is 0 Å². The molecule has 4 heteroatoms. The summed E-state index contributed by atoms with van der Waals surface area (Å²) in [6, 6.07) is 17.0. The number of methoxy groups -OCH3 is 1. The van der Waals surface area contributed by atoms with Crippen LogP contribution < -0.4 is 0 Å². The fourth-order valence-electron chi connectivity index (χ4n) is 1.45. The van der Waals surface area contributed by atoms with Gasteiger partial charge in [0.1, 0.15) is 0 Å². The maximum Gasteiger partial charge on any atom is 0.337 e. The molecule has 0 aromatic heterocycles. The molecule has 0 saturated heterocycles. The zero-order chi connectivity index (χ0) is 13.5. The summed E-state index contributed by atoms with van der Waals surface area (Å²) in [6.07, 6.45) is 1.76. The number of carbonyl (C=O) groups is 1. The van der Waals surface area contributed by atoms with E-state index in [1.165, 1.54) is 19.1 Å². The summed E-state index contributed by atoms with van der Waals surface area (Å²) in [6.45, 7) is 0. The van der Waals surface area contributed by atoms with Crippen molar-refractivity contribution in [3.05, 3.63) is 65.7 Å². The molecule has 96 valence electrons. The highest BCUT2D eigenvalue weighted by Gasteiger charge is 2.03. The van der Waals surface area contributed by atoms with Gasteiger partial charge in [0.2, 0.25) is 0 Å². The molecule has 2 aromatic carbocycles. The molecular formula is C15H13NO2S. The number of ether oxygens (including phenoxy) is 1. The predicted octanol–water partition coefficient (Wildman–Crippen LogP) is 3.60. The Morgan fingerprint density at radius 2 is 1.79 bits per heavy atom. The molecule has 0 aliphatic rings. The van der Waals surface area contributed by atoms with E-state index in [9.17, 15) is 4.79 Å². The summed E-state index contributed by atoms with van der Waals surface area (Å²) in [5.41, 5.74) is 1.48. The SMILES string of the molecule is COC(=O)c1ccc(/C=N/Sc2ccccc2)cc1. The number of rotatable bonds is 4. The average molecular weight is 271 g/mol. The molecule has 0 atom stereocenters. The number of carbonyl (C=O) groups excluding carboxylic acids is 1. The third kappa shape index (κ3) is 3.96. The molecule has 0 radical (unpaired) electrons. The highest BCUT2D eigenvalue weighted by molar-refractivity contribution is 7.98. The zero-order valence-electron chi connectivity index (χ0n) is 10.4. The highest BCUT2D eigenvalue weighted by atomic mass is 32.2. The van der Waals surface area contributed by atoms with Gasteiger partial charge in [0.05, 0.1) is 12.7 Å². The van der Waals surface area contributed by atoms with Gasteiger partial charge in [-0.15, -0.1) is 0 Å². The monoisotopic (exact) mass is 271 g/mol. The van der Waals surface area contributed by atoms with Gasteiger partial charge in [0, 0.05) is 23.1 Å². The molecule has 0 amide bonds. The van der Waals surface area contributed by atoms with E-state index in [0.717, 1.165) is 10.5 Å². The molecular weight excluding hydrogens is 258 g/mol. The Kier molecular flexibility index (Phi) is 4.75. The summed E-state index contributed by atoms with van der Waals surface area (Å²) in [4.78, 5) is 12.4. The van der Waals surface area contributed by atoms with Gasteiger partial charge in [0.15, 0.2) is 0 Å². The smallest absolute Gasteiger partial charge is 0.337 e. The van der Waals surface area contributed by atoms with Crippen molar-refractivity contribution in [1.82, 2.24) is 0 Å². The van der Waals surface area contributed by atoms with E-state index in [1.54, 1.807) is 18.3 Å². The summed E-state index contributed by atoms with van der Waals surface area (Å²) >= 11 is 1.41. The highest BCUT2D eigenvalue weighted by Crippen LogP contribution is 2.17. The van der Waals surface area contributed by atoms with Crippen molar-refractivity contribution >= 4 is 24.1 Å². The van der Waals surface area contributed by atoms with Gasteiger partial charge in [-0.1, -0.05) is 30.3 Å². The third-order valence-electron chi connectivity index (χ3n) is 2.43. The van der Waals surface area contributed by atoms with E-state index in [1.807, 2.05) is 42.5 Å². The average Bonchev–Trinajstić information content (AvgIpc) is 2.48. The fraction of sp³-hybridized carbons (Fsp3) is 0.0667. The maximum atomic E-state index is 11.3. The molecule has 19 heavy (non-hydrogen) atoms. The first-order valence-corrected chi connectivity index (χ1v) is 6.51. The van der Waals surface area contributed by atoms with Crippen molar-refractivity contribution in [3.63, 3.8) is 0 Å². The summed E-state index contributed by atoms with van der Waals surface area (Å²) in [7, 11) is 1.37. The quantitative estimate of drug-likeness (QED) is 0.484. The molecule has 2 rings (SSSR count). The Morgan fingerprint density at radius 1 is 1.11 bits per heavy atom. The third-order valence-corrected chi connectivity index (χ3v) is 3.13. The minimum Gasteiger partial charge on any atom is -0.465 e. The molecule has 0 N–H and O–H groups in total. The van der Waals surface area contributed by atoms with Gasteiger partial charge in [-0.3, -0.25) is 0 Å². The molecule has 0 heterocycles. The number of esters is 1. The van der Waals surface area contributed by atoms with Crippen LogP contribution in [0.1, 0.15) is 15.9 Å². The number of hydrogen-bond acceptors (Lipinski definition) is 4. The summed E-state index contributed by atoms with van der Waals surface area (Å²) in [5, 5.41) is 0. The lowest BCUT2D eigenvalue weighted by Gasteiger charge is -1.99. The van der Waals surface area contributed by atoms with Gasteiger partial charge < -0.3 is 4.74 Å². The zero-order valence-corrected chi connectivity index (χ0v) is 11.3. The van der Waals surface area contributed by atoms with Crippen LogP contribution >= 0.6 is 11.9 Å². The number of hydrogen-bond donors (Lipinski definition) is 0. The van der Waals surface area contributed by atoms with E-state index < -0.39 is 0 Å². The van der Waals surface area contributed by atoms with E-state index in [0.29, 0.717) is 5.56 Å². The molecule has 0 aliphatic carbocycles. The molecule has 0 bridgehead atoms. The topological polar surface area (TPSA) is 38.7 Å². The van der Waals surface area contributed by atoms with Gasteiger partial charge in [-0.05, 0) is 29.8 Å². The molecule has 0 aliphatic heterocycles. The predicted molar refractivity (Wildman–Crippen MR) is 77.7 cm³/mol. The molecule has 0 saturated carbocycles. The Balaban J connectivity index is 1.98. The van der Waals surface area contributed by atoms with Crippen LogP contribution in [-0.4, -0.2) is 19.3 Å². The number of benzene rings is 2. The van der Waals surface area contributed by atoms with Crippen molar-refractivity contribution in [2.75, 3.05) is 7.11 Å². The van der Waals surface area contributed by atoms with Gasteiger partial charge in [-0.2, -0.15) is 0 Å². The van der Waals surface area contributed by atoms with E-state index in [-0.39, 0.29) is 5.97 Å². The van der Waals surface area contributed by atoms with Crippen molar-refractivity contribution in [3.8, 4) is 0 Å². The first-order chi connectivity index (χ1) is 9.29. The van der Waals surface area contributed by atoms with E-state index in [4.69, 9.17) is 0 Å². The van der Waals surface area contributed by atoms with Crippen LogP contribution in [0.3, 0.4) is 0 Å². The first-order valence-electron chi connectivity index (χ1n) is 5.73. The van der Waals surface area contributed by atoms with Crippen LogP contribution in [0, 0.1) is 0 Å². The standard InChI is InChI=1S/C15H13NO2S/c1-18-15(17)13-9-7-12(8-10-13)11-16-19-14-5-3-2-4-6-14/h2-11H,1H3/b16-11+. The lowest BCUT2D eigenvalue weighted by Crippen LogP contribution is -2.00. The molecule has 0 unspecified atom stereocenters. The Hall–Kier alpha value is -2.07. The fourth-order valence-corrected chi connectivity index (χ4v) is 2.03. The normalized spacial score (nSPS) is 10.6. The summed E-state index contributed by atoms with van der Waals surface area (Å²) < 4.78 is 8.92. The Labute approximate surface area is 116 Å². The van der Waals surface area contributed by atoms with Crippen molar-refractivity contribution in [1.29, 1.82) is 0 Å². The van der Waals surface area contributed by atoms with Crippen LogP contribution in [0.5, 0.6) is 0 Å². The lowest BCUT2D eigenvalue weighted by molar-refractivity contribution is 0.0601. The first kappa shape index (κ1) is 13.4.